The van der Waals surface area contributed by atoms with Crippen LogP contribution in [0.5, 0.6) is 5.75 Å². The average molecular weight is 285 g/mol. The number of methoxy groups -OCH3 is 1. The van der Waals surface area contributed by atoms with Crippen molar-refractivity contribution >= 4 is 10.8 Å². The Labute approximate surface area is 128 Å². The van der Waals surface area contributed by atoms with Gasteiger partial charge in [-0.2, -0.15) is 0 Å². The highest BCUT2D eigenvalue weighted by molar-refractivity contribution is 5.91. The number of fused-ring (bicyclic) bond motifs is 1. The maximum Gasteiger partial charge on any atom is 0.126 e. The van der Waals surface area contributed by atoms with Gasteiger partial charge in [0.1, 0.15) is 5.75 Å². The minimum atomic E-state index is 0.415. The fourth-order valence-electron chi connectivity index (χ4n) is 3.01. The van der Waals surface area contributed by atoms with Crippen LogP contribution in [0.3, 0.4) is 0 Å². The lowest BCUT2D eigenvalue weighted by molar-refractivity contribution is 0.419. The average Bonchev–Trinajstić information content (AvgIpc) is 2.54. The van der Waals surface area contributed by atoms with E-state index in [1.807, 2.05) is 0 Å². The van der Waals surface area contributed by atoms with Crippen molar-refractivity contribution in [1.82, 2.24) is 5.32 Å². The molecule has 2 nitrogen and oxygen atoms in total. The number of hydrogen-bond donors (Lipinski definition) is 1. The summed E-state index contributed by atoms with van der Waals surface area (Å²) in [6, 6.07) is 13.2. The molecule has 0 radical (unpaired) electrons. The van der Waals surface area contributed by atoms with E-state index >= 15 is 0 Å². The third-order valence-electron chi connectivity index (χ3n) is 4.21. The second-order valence-electron chi connectivity index (χ2n) is 5.59. The molecule has 0 aliphatic rings. The molecule has 0 aliphatic heterocycles. The van der Waals surface area contributed by atoms with E-state index < -0.39 is 0 Å². The SMILES string of the molecule is CCCCCCC(NC)c1ccc(OC)c2ccccc12. The van der Waals surface area contributed by atoms with Crippen molar-refractivity contribution in [2.24, 2.45) is 0 Å². The van der Waals surface area contributed by atoms with Gasteiger partial charge in [0.15, 0.2) is 0 Å². The Morgan fingerprint density at radius 1 is 1.00 bits per heavy atom. The van der Waals surface area contributed by atoms with Crippen LogP contribution in [0.15, 0.2) is 36.4 Å². The molecule has 2 rings (SSSR count). The van der Waals surface area contributed by atoms with Gasteiger partial charge in [-0.15, -0.1) is 0 Å². The first-order valence-corrected chi connectivity index (χ1v) is 8.04. The van der Waals surface area contributed by atoms with Crippen LogP contribution in [0.25, 0.3) is 10.8 Å². The first kappa shape index (κ1) is 15.8. The molecule has 1 unspecified atom stereocenters. The molecule has 2 aromatic carbocycles. The van der Waals surface area contributed by atoms with Gasteiger partial charge in [0, 0.05) is 11.4 Å². The summed E-state index contributed by atoms with van der Waals surface area (Å²) in [7, 11) is 3.80. The van der Waals surface area contributed by atoms with Gasteiger partial charge in [0.2, 0.25) is 0 Å². The van der Waals surface area contributed by atoms with Gasteiger partial charge in [0.05, 0.1) is 7.11 Å². The van der Waals surface area contributed by atoms with Crippen molar-refractivity contribution in [3.8, 4) is 5.75 Å². The van der Waals surface area contributed by atoms with Gasteiger partial charge in [-0.05, 0) is 30.5 Å². The molecular weight excluding hydrogens is 258 g/mol. The summed E-state index contributed by atoms with van der Waals surface area (Å²) in [6.07, 6.45) is 6.41. The van der Waals surface area contributed by atoms with E-state index in [-0.39, 0.29) is 0 Å². The predicted molar refractivity (Wildman–Crippen MR) is 91.1 cm³/mol. The van der Waals surface area contributed by atoms with Crippen LogP contribution in [0.1, 0.15) is 50.6 Å². The molecule has 0 fully saturated rings. The molecule has 1 atom stereocenters. The highest BCUT2D eigenvalue weighted by atomic mass is 16.5. The lowest BCUT2D eigenvalue weighted by Gasteiger charge is -2.20. The van der Waals surface area contributed by atoms with Crippen LogP contribution < -0.4 is 10.1 Å². The number of rotatable bonds is 8. The summed E-state index contributed by atoms with van der Waals surface area (Å²) in [5, 5.41) is 5.98. The second kappa shape index (κ2) is 8.04. The predicted octanol–water partition coefficient (Wildman–Crippen LogP) is 5.08. The van der Waals surface area contributed by atoms with E-state index in [2.05, 4.69) is 55.7 Å². The summed E-state index contributed by atoms with van der Waals surface area (Å²) >= 11 is 0. The molecule has 21 heavy (non-hydrogen) atoms. The normalized spacial score (nSPS) is 12.5. The highest BCUT2D eigenvalue weighted by Gasteiger charge is 2.14. The van der Waals surface area contributed by atoms with Crippen molar-refractivity contribution in [3.05, 3.63) is 42.0 Å². The molecule has 2 aromatic rings. The van der Waals surface area contributed by atoms with Crippen LogP contribution in [-0.4, -0.2) is 14.2 Å². The Bertz CT molecular complexity index is 564. The summed E-state index contributed by atoms with van der Waals surface area (Å²) in [5.41, 5.74) is 1.38. The van der Waals surface area contributed by atoms with E-state index in [4.69, 9.17) is 4.74 Å². The van der Waals surface area contributed by atoms with Crippen LogP contribution in [0, 0.1) is 0 Å². The Morgan fingerprint density at radius 2 is 1.76 bits per heavy atom. The molecule has 0 amide bonds. The molecule has 114 valence electrons. The van der Waals surface area contributed by atoms with E-state index in [0.717, 1.165) is 5.75 Å². The number of unbranched alkanes of at least 4 members (excludes halogenated alkanes) is 3. The third-order valence-corrected chi connectivity index (χ3v) is 4.21. The Kier molecular flexibility index (Phi) is 6.06. The smallest absolute Gasteiger partial charge is 0.126 e. The standard InChI is InChI=1S/C19H27NO/c1-4-5-6-7-12-18(20-2)16-13-14-19(21-3)17-11-9-8-10-15(16)17/h8-11,13-14,18,20H,4-7,12H2,1-3H3. The summed E-state index contributed by atoms with van der Waals surface area (Å²) in [5.74, 6) is 0.954. The molecule has 1 N–H and O–H groups in total. The Morgan fingerprint density at radius 3 is 2.43 bits per heavy atom. The van der Waals surface area contributed by atoms with E-state index in [1.165, 1.54) is 48.4 Å². The van der Waals surface area contributed by atoms with Gasteiger partial charge in [0.25, 0.3) is 0 Å². The monoisotopic (exact) mass is 285 g/mol. The minimum Gasteiger partial charge on any atom is -0.496 e. The second-order valence-corrected chi connectivity index (χ2v) is 5.59. The summed E-state index contributed by atoms with van der Waals surface area (Å²) < 4.78 is 5.49. The van der Waals surface area contributed by atoms with Crippen LogP contribution in [-0.2, 0) is 0 Å². The van der Waals surface area contributed by atoms with Gasteiger partial charge < -0.3 is 10.1 Å². The number of ether oxygens (including phenoxy) is 1. The first-order valence-electron chi connectivity index (χ1n) is 8.04. The van der Waals surface area contributed by atoms with Gasteiger partial charge in [-0.25, -0.2) is 0 Å². The van der Waals surface area contributed by atoms with Crippen LogP contribution >= 0.6 is 0 Å². The van der Waals surface area contributed by atoms with E-state index in [1.54, 1.807) is 7.11 Å². The van der Waals surface area contributed by atoms with Crippen molar-refractivity contribution in [2.75, 3.05) is 14.2 Å². The number of nitrogens with one attached hydrogen (secondary N) is 1. The molecule has 2 heteroatoms. The van der Waals surface area contributed by atoms with Crippen molar-refractivity contribution in [3.63, 3.8) is 0 Å². The molecule has 0 heterocycles. The fourth-order valence-corrected chi connectivity index (χ4v) is 3.01. The fraction of sp³-hybridized carbons (Fsp3) is 0.474. The molecule has 0 spiro atoms. The third kappa shape index (κ3) is 3.76. The van der Waals surface area contributed by atoms with Crippen LogP contribution in [0.4, 0.5) is 0 Å². The van der Waals surface area contributed by atoms with Gasteiger partial charge >= 0.3 is 0 Å². The zero-order chi connectivity index (χ0) is 15.1. The molecule has 0 saturated carbocycles. The molecule has 0 saturated heterocycles. The summed E-state index contributed by atoms with van der Waals surface area (Å²) in [6.45, 7) is 2.26. The van der Waals surface area contributed by atoms with Gasteiger partial charge in [-0.1, -0.05) is 62.9 Å². The van der Waals surface area contributed by atoms with Crippen molar-refractivity contribution < 1.29 is 4.74 Å². The van der Waals surface area contributed by atoms with Crippen molar-refractivity contribution in [2.45, 2.75) is 45.1 Å². The largest absolute Gasteiger partial charge is 0.496 e. The number of benzene rings is 2. The quantitative estimate of drug-likeness (QED) is 0.683. The molecular formula is C19H27NO. The maximum atomic E-state index is 5.49. The van der Waals surface area contributed by atoms with E-state index in [9.17, 15) is 0 Å². The van der Waals surface area contributed by atoms with Gasteiger partial charge in [-0.3, -0.25) is 0 Å². The first-order chi connectivity index (χ1) is 10.3. The topological polar surface area (TPSA) is 21.3 Å². The lowest BCUT2D eigenvalue weighted by atomic mass is 9.94. The Hall–Kier alpha value is -1.54. The minimum absolute atomic E-state index is 0.415. The molecule has 0 bridgehead atoms. The highest BCUT2D eigenvalue weighted by Crippen LogP contribution is 2.33. The molecule has 0 aliphatic carbocycles. The zero-order valence-electron chi connectivity index (χ0n) is 13.5. The lowest BCUT2D eigenvalue weighted by Crippen LogP contribution is -2.16. The van der Waals surface area contributed by atoms with Crippen molar-refractivity contribution in [1.29, 1.82) is 0 Å². The molecule has 0 aromatic heterocycles. The zero-order valence-corrected chi connectivity index (χ0v) is 13.5. The number of hydrogen-bond acceptors (Lipinski definition) is 2. The summed E-state index contributed by atoms with van der Waals surface area (Å²) in [4.78, 5) is 0. The maximum absolute atomic E-state index is 5.49. The van der Waals surface area contributed by atoms with Crippen LogP contribution in [0.2, 0.25) is 0 Å². The Balaban J connectivity index is 2.27. The van der Waals surface area contributed by atoms with E-state index in [0.29, 0.717) is 6.04 Å².